The molecule has 0 aromatic rings. The van der Waals surface area contributed by atoms with Crippen LogP contribution in [0.25, 0.3) is 0 Å². The predicted octanol–water partition coefficient (Wildman–Crippen LogP) is 1.68. The molecule has 0 spiro atoms. The van der Waals surface area contributed by atoms with Crippen molar-refractivity contribution in [2.45, 2.75) is 45.1 Å². The van der Waals surface area contributed by atoms with Gasteiger partial charge in [-0.2, -0.15) is 0 Å². The molecule has 0 radical (unpaired) electrons. The first kappa shape index (κ1) is 10.4. The van der Waals surface area contributed by atoms with Crippen molar-refractivity contribution >= 4 is 11.7 Å². The Morgan fingerprint density at radius 3 is 3.13 bits per heavy atom. The van der Waals surface area contributed by atoms with Gasteiger partial charge in [-0.1, -0.05) is 13.0 Å². The molecule has 1 atom stereocenters. The molecule has 0 aromatic carbocycles. The Kier molecular flexibility index (Phi) is 2.89. The molecule has 2 heterocycles. The normalized spacial score (nSPS) is 25.1. The third-order valence-corrected chi connectivity index (χ3v) is 3.22. The zero-order chi connectivity index (χ0) is 10.8. The maximum absolute atomic E-state index is 11.8. The number of amides is 1. The first-order valence-electron chi connectivity index (χ1n) is 5.76. The molecule has 1 saturated heterocycles. The summed E-state index contributed by atoms with van der Waals surface area (Å²) < 4.78 is 0. The summed E-state index contributed by atoms with van der Waals surface area (Å²) in [5, 5.41) is 0. The predicted molar refractivity (Wildman–Crippen MR) is 57.4 cm³/mol. The molecule has 0 bridgehead atoms. The number of rotatable bonds is 3. The molecule has 2 aliphatic heterocycles. The van der Waals surface area contributed by atoms with Crippen molar-refractivity contribution in [1.82, 2.24) is 4.90 Å². The molecule has 15 heavy (non-hydrogen) atoms. The van der Waals surface area contributed by atoms with E-state index in [0.29, 0.717) is 12.8 Å². The summed E-state index contributed by atoms with van der Waals surface area (Å²) in [6.45, 7) is 2.81. The van der Waals surface area contributed by atoms with Crippen LogP contribution in [-0.4, -0.2) is 29.2 Å². The Labute approximate surface area is 90.1 Å². The third-order valence-electron chi connectivity index (χ3n) is 3.22. The molecule has 0 N–H and O–H groups in total. The number of Topliss-reactive ketones (excluding diaryl/α,β-unsaturated/α-hetero) is 1. The average Bonchev–Trinajstić information content (AvgIpc) is 2.61. The van der Waals surface area contributed by atoms with E-state index in [4.69, 9.17) is 0 Å². The highest BCUT2D eigenvalue weighted by atomic mass is 16.2. The van der Waals surface area contributed by atoms with E-state index < -0.39 is 0 Å². The molecule has 3 nitrogen and oxygen atoms in total. The van der Waals surface area contributed by atoms with Gasteiger partial charge < -0.3 is 4.90 Å². The first-order valence-corrected chi connectivity index (χ1v) is 5.76. The molecule has 82 valence electrons. The molecule has 3 heteroatoms. The Hall–Kier alpha value is -1.12. The summed E-state index contributed by atoms with van der Waals surface area (Å²) in [5.41, 5.74) is 0.897. The van der Waals surface area contributed by atoms with Crippen LogP contribution in [0.4, 0.5) is 0 Å². The smallest absolute Gasteiger partial charge is 0.223 e. The van der Waals surface area contributed by atoms with Gasteiger partial charge in [0.15, 0.2) is 5.78 Å². The van der Waals surface area contributed by atoms with Crippen molar-refractivity contribution in [3.05, 3.63) is 11.6 Å². The molecule has 0 aromatic heterocycles. The van der Waals surface area contributed by atoms with Gasteiger partial charge in [-0.3, -0.25) is 9.59 Å². The highest BCUT2D eigenvalue weighted by Gasteiger charge is 2.36. The highest BCUT2D eigenvalue weighted by molar-refractivity contribution is 5.98. The van der Waals surface area contributed by atoms with Gasteiger partial charge in [0.2, 0.25) is 5.91 Å². The fourth-order valence-electron chi connectivity index (χ4n) is 2.50. The molecule has 0 saturated carbocycles. The summed E-state index contributed by atoms with van der Waals surface area (Å²) >= 11 is 0. The highest BCUT2D eigenvalue weighted by Crippen LogP contribution is 2.29. The quantitative estimate of drug-likeness (QED) is 0.706. The fraction of sp³-hybridized carbons (Fsp3) is 0.667. The van der Waals surface area contributed by atoms with Crippen LogP contribution in [-0.2, 0) is 9.59 Å². The Morgan fingerprint density at radius 1 is 1.60 bits per heavy atom. The van der Waals surface area contributed by atoms with Gasteiger partial charge in [0.05, 0.1) is 6.04 Å². The van der Waals surface area contributed by atoms with Gasteiger partial charge in [0.1, 0.15) is 0 Å². The Balaban J connectivity index is 2.15. The second-order valence-corrected chi connectivity index (χ2v) is 4.26. The van der Waals surface area contributed by atoms with Crippen LogP contribution in [0.5, 0.6) is 0 Å². The number of carbonyl (C=O) groups is 2. The minimum absolute atomic E-state index is 0.102. The van der Waals surface area contributed by atoms with E-state index >= 15 is 0 Å². The lowest BCUT2D eigenvalue weighted by Crippen LogP contribution is -2.39. The van der Waals surface area contributed by atoms with Crippen molar-refractivity contribution in [3.8, 4) is 0 Å². The number of ketones is 1. The number of fused-ring (bicyclic) bond motifs is 1. The molecule has 2 rings (SSSR count). The van der Waals surface area contributed by atoms with E-state index in [0.717, 1.165) is 31.4 Å². The molecule has 1 unspecified atom stereocenters. The van der Waals surface area contributed by atoms with Gasteiger partial charge in [0, 0.05) is 25.0 Å². The number of nitrogens with zero attached hydrogens (tertiary/aromatic N) is 1. The first-order chi connectivity index (χ1) is 7.24. The topological polar surface area (TPSA) is 37.4 Å². The van der Waals surface area contributed by atoms with Gasteiger partial charge in [0.25, 0.3) is 0 Å². The zero-order valence-corrected chi connectivity index (χ0v) is 9.16. The van der Waals surface area contributed by atoms with E-state index in [9.17, 15) is 9.59 Å². The number of hydrogen-bond donors (Lipinski definition) is 0. The SMILES string of the molecule is CCCC(=O)C1=CCCN2C(=O)CCC12. The van der Waals surface area contributed by atoms with Crippen molar-refractivity contribution < 1.29 is 9.59 Å². The number of hydrogen-bond acceptors (Lipinski definition) is 2. The number of carbonyl (C=O) groups excluding carboxylic acids is 2. The Morgan fingerprint density at radius 2 is 2.40 bits per heavy atom. The molecular weight excluding hydrogens is 190 g/mol. The minimum atomic E-state index is 0.102. The van der Waals surface area contributed by atoms with Crippen LogP contribution in [0.2, 0.25) is 0 Å². The van der Waals surface area contributed by atoms with Crippen LogP contribution in [0.3, 0.4) is 0 Å². The fourth-order valence-corrected chi connectivity index (χ4v) is 2.50. The second kappa shape index (κ2) is 4.17. The maximum Gasteiger partial charge on any atom is 0.223 e. The second-order valence-electron chi connectivity index (χ2n) is 4.26. The standard InChI is InChI=1S/C12H17NO2/c1-2-4-11(14)9-5-3-8-13-10(9)6-7-12(13)15/h5,10H,2-4,6-8H2,1H3. The van der Waals surface area contributed by atoms with E-state index in [1.54, 1.807) is 0 Å². The lowest BCUT2D eigenvalue weighted by atomic mass is 9.94. The van der Waals surface area contributed by atoms with Crippen molar-refractivity contribution in [2.24, 2.45) is 0 Å². The van der Waals surface area contributed by atoms with E-state index in [1.807, 2.05) is 17.9 Å². The largest absolute Gasteiger partial charge is 0.335 e. The van der Waals surface area contributed by atoms with Crippen molar-refractivity contribution in [2.75, 3.05) is 6.54 Å². The monoisotopic (exact) mass is 207 g/mol. The molecule has 1 fully saturated rings. The van der Waals surface area contributed by atoms with Crippen molar-refractivity contribution in [1.29, 1.82) is 0 Å². The molecular formula is C12H17NO2. The lowest BCUT2D eigenvalue weighted by molar-refractivity contribution is -0.128. The van der Waals surface area contributed by atoms with Crippen LogP contribution in [0.15, 0.2) is 11.6 Å². The van der Waals surface area contributed by atoms with Crippen LogP contribution < -0.4 is 0 Å². The van der Waals surface area contributed by atoms with Gasteiger partial charge in [-0.05, 0) is 19.3 Å². The van der Waals surface area contributed by atoms with Gasteiger partial charge >= 0.3 is 0 Å². The summed E-state index contributed by atoms with van der Waals surface area (Å²) in [7, 11) is 0. The van der Waals surface area contributed by atoms with Crippen LogP contribution in [0, 0.1) is 0 Å². The average molecular weight is 207 g/mol. The van der Waals surface area contributed by atoms with Gasteiger partial charge in [-0.25, -0.2) is 0 Å². The van der Waals surface area contributed by atoms with Gasteiger partial charge in [-0.15, -0.1) is 0 Å². The third kappa shape index (κ3) is 1.83. The van der Waals surface area contributed by atoms with Crippen LogP contribution >= 0.6 is 0 Å². The summed E-state index contributed by atoms with van der Waals surface area (Å²) in [4.78, 5) is 25.2. The summed E-state index contributed by atoms with van der Waals surface area (Å²) in [6, 6.07) is 0.102. The zero-order valence-electron chi connectivity index (χ0n) is 9.16. The van der Waals surface area contributed by atoms with E-state index in [-0.39, 0.29) is 17.7 Å². The maximum atomic E-state index is 11.8. The molecule has 1 amide bonds. The molecule has 0 aliphatic carbocycles. The summed E-state index contributed by atoms with van der Waals surface area (Å²) in [6.07, 6.45) is 5.83. The van der Waals surface area contributed by atoms with Crippen molar-refractivity contribution in [3.63, 3.8) is 0 Å². The molecule has 2 aliphatic rings. The minimum Gasteiger partial charge on any atom is -0.335 e. The lowest BCUT2D eigenvalue weighted by Gasteiger charge is -2.30. The van der Waals surface area contributed by atoms with E-state index in [2.05, 4.69) is 0 Å². The Bertz CT molecular complexity index is 320. The van der Waals surface area contributed by atoms with Crippen LogP contribution in [0.1, 0.15) is 39.0 Å². The summed E-state index contributed by atoms with van der Waals surface area (Å²) in [5.74, 6) is 0.455. The van der Waals surface area contributed by atoms with E-state index in [1.165, 1.54) is 0 Å².